The van der Waals surface area contributed by atoms with Crippen LogP contribution in [0, 0.1) is 25.2 Å². The molecule has 2 aromatic rings. The lowest BCUT2D eigenvalue weighted by Crippen LogP contribution is -2.13. The standard InChI is InChI=1S/C23H25NO4/c1-15(2)28-23(25)19(13-24)12-18-10-16(3)11-20(17(18)4)14-27-22-8-6-21(26-5)7-9-22/h6-12,15H,14H2,1-5H3/b19-12+. The molecule has 0 saturated heterocycles. The van der Waals surface area contributed by atoms with Crippen molar-refractivity contribution in [1.29, 1.82) is 5.26 Å². The maximum absolute atomic E-state index is 12.1. The Morgan fingerprint density at radius 2 is 1.79 bits per heavy atom. The number of aryl methyl sites for hydroxylation is 1. The van der Waals surface area contributed by atoms with Crippen molar-refractivity contribution in [3.8, 4) is 17.6 Å². The average molecular weight is 379 g/mol. The second-order valence-corrected chi connectivity index (χ2v) is 6.73. The highest BCUT2D eigenvalue weighted by atomic mass is 16.5. The van der Waals surface area contributed by atoms with Crippen LogP contribution in [0.1, 0.15) is 36.1 Å². The molecule has 0 saturated carbocycles. The maximum atomic E-state index is 12.1. The summed E-state index contributed by atoms with van der Waals surface area (Å²) in [6, 6.07) is 13.3. The van der Waals surface area contributed by atoms with Gasteiger partial charge in [0.2, 0.25) is 0 Å². The number of carbonyl (C=O) groups excluding carboxylic acids is 1. The minimum atomic E-state index is -0.616. The molecule has 2 rings (SSSR count). The molecule has 5 heteroatoms. The first-order valence-electron chi connectivity index (χ1n) is 9.03. The second kappa shape index (κ2) is 9.61. The molecule has 2 aromatic carbocycles. The van der Waals surface area contributed by atoms with Gasteiger partial charge in [0, 0.05) is 0 Å². The first kappa shape index (κ1) is 21.0. The van der Waals surface area contributed by atoms with Gasteiger partial charge in [-0.2, -0.15) is 5.26 Å². The predicted molar refractivity (Wildman–Crippen MR) is 108 cm³/mol. The third kappa shape index (κ3) is 5.62. The van der Waals surface area contributed by atoms with Gasteiger partial charge in [0.05, 0.1) is 13.2 Å². The summed E-state index contributed by atoms with van der Waals surface area (Å²) in [6.07, 6.45) is 1.29. The Hall–Kier alpha value is -3.26. The number of hydrogen-bond acceptors (Lipinski definition) is 5. The lowest BCUT2D eigenvalue weighted by atomic mass is 9.98. The van der Waals surface area contributed by atoms with E-state index >= 15 is 0 Å². The van der Waals surface area contributed by atoms with Gasteiger partial charge in [-0.25, -0.2) is 4.79 Å². The molecule has 0 aliphatic heterocycles. The summed E-state index contributed by atoms with van der Waals surface area (Å²) in [6.45, 7) is 7.78. The first-order chi connectivity index (χ1) is 13.3. The predicted octanol–water partition coefficient (Wildman–Crippen LogP) is 4.75. The Morgan fingerprint density at radius 1 is 1.14 bits per heavy atom. The normalized spacial score (nSPS) is 11.1. The van der Waals surface area contributed by atoms with E-state index in [1.807, 2.05) is 56.3 Å². The highest BCUT2D eigenvalue weighted by Crippen LogP contribution is 2.23. The van der Waals surface area contributed by atoms with Crippen LogP contribution in [0.15, 0.2) is 42.0 Å². The number of hydrogen-bond donors (Lipinski definition) is 0. The zero-order valence-electron chi connectivity index (χ0n) is 16.9. The summed E-state index contributed by atoms with van der Waals surface area (Å²) in [7, 11) is 1.62. The monoisotopic (exact) mass is 379 g/mol. The van der Waals surface area contributed by atoms with Gasteiger partial charge in [-0.15, -0.1) is 0 Å². The summed E-state index contributed by atoms with van der Waals surface area (Å²) in [5.41, 5.74) is 3.72. The molecule has 0 spiro atoms. The van der Waals surface area contributed by atoms with Crippen LogP contribution in [0.2, 0.25) is 0 Å². The summed E-state index contributed by atoms with van der Waals surface area (Å²) in [5.74, 6) is 0.885. The van der Waals surface area contributed by atoms with Crippen LogP contribution in [-0.4, -0.2) is 19.2 Å². The number of nitrogens with zero attached hydrogens (tertiary/aromatic N) is 1. The Balaban J connectivity index is 2.25. The van der Waals surface area contributed by atoms with Crippen molar-refractivity contribution in [3.05, 3.63) is 64.2 Å². The van der Waals surface area contributed by atoms with E-state index in [2.05, 4.69) is 0 Å². The van der Waals surface area contributed by atoms with E-state index in [9.17, 15) is 10.1 Å². The van der Waals surface area contributed by atoms with Crippen molar-refractivity contribution in [3.63, 3.8) is 0 Å². The van der Waals surface area contributed by atoms with Crippen LogP contribution in [0.3, 0.4) is 0 Å². The number of ether oxygens (including phenoxy) is 3. The molecular formula is C23H25NO4. The van der Waals surface area contributed by atoms with Crippen LogP contribution in [-0.2, 0) is 16.1 Å². The quantitative estimate of drug-likeness (QED) is 0.394. The topological polar surface area (TPSA) is 68.5 Å². The van der Waals surface area contributed by atoms with Gasteiger partial charge in [-0.1, -0.05) is 17.7 Å². The van der Waals surface area contributed by atoms with Crippen LogP contribution >= 0.6 is 0 Å². The van der Waals surface area contributed by atoms with Crippen molar-refractivity contribution in [2.24, 2.45) is 0 Å². The fraction of sp³-hybridized carbons (Fsp3) is 0.304. The maximum Gasteiger partial charge on any atom is 0.349 e. The molecule has 0 aromatic heterocycles. The molecule has 28 heavy (non-hydrogen) atoms. The van der Waals surface area contributed by atoms with Crippen molar-refractivity contribution >= 4 is 12.0 Å². The molecule has 0 aliphatic carbocycles. The fourth-order valence-electron chi connectivity index (χ4n) is 2.67. The van der Waals surface area contributed by atoms with Gasteiger partial charge in [-0.05, 0) is 74.7 Å². The molecule has 0 radical (unpaired) electrons. The Bertz CT molecular complexity index is 905. The number of carbonyl (C=O) groups is 1. The Kier molecular flexibility index (Phi) is 7.22. The van der Waals surface area contributed by atoms with Crippen LogP contribution < -0.4 is 9.47 Å². The highest BCUT2D eigenvalue weighted by molar-refractivity contribution is 5.98. The molecule has 0 fully saturated rings. The lowest BCUT2D eigenvalue weighted by Gasteiger charge is -2.13. The van der Waals surface area contributed by atoms with E-state index < -0.39 is 5.97 Å². The van der Waals surface area contributed by atoms with Crippen molar-refractivity contribution < 1.29 is 19.0 Å². The van der Waals surface area contributed by atoms with Crippen LogP contribution in [0.5, 0.6) is 11.5 Å². The largest absolute Gasteiger partial charge is 0.497 e. The zero-order chi connectivity index (χ0) is 20.7. The first-order valence-corrected chi connectivity index (χ1v) is 9.03. The molecule has 146 valence electrons. The smallest absolute Gasteiger partial charge is 0.349 e. The Morgan fingerprint density at radius 3 is 2.36 bits per heavy atom. The molecular weight excluding hydrogens is 354 g/mol. The number of esters is 1. The van der Waals surface area contributed by atoms with Gasteiger partial charge < -0.3 is 14.2 Å². The summed E-state index contributed by atoms with van der Waals surface area (Å²) in [4.78, 5) is 12.1. The molecule has 0 atom stereocenters. The minimum Gasteiger partial charge on any atom is -0.497 e. The molecule has 0 unspecified atom stereocenters. The fourth-order valence-corrected chi connectivity index (χ4v) is 2.67. The molecule has 0 amide bonds. The van der Waals surface area contributed by atoms with Gasteiger partial charge in [-0.3, -0.25) is 0 Å². The van der Waals surface area contributed by atoms with E-state index in [4.69, 9.17) is 14.2 Å². The van der Waals surface area contributed by atoms with Gasteiger partial charge in [0.25, 0.3) is 0 Å². The van der Waals surface area contributed by atoms with Gasteiger partial charge >= 0.3 is 5.97 Å². The van der Waals surface area contributed by atoms with E-state index in [0.29, 0.717) is 6.61 Å². The summed E-state index contributed by atoms with van der Waals surface area (Å²) < 4.78 is 16.2. The molecule has 0 heterocycles. The lowest BCUT2D eigenvalue weighted by molar-refractivity contribution is -0.142. The van der Waals surface area contributed by atoms with Gasteiger partial charge in [0.1, 0.15) is 29.7 Å². The summed E-state index contributed by atoms with van der Waals surface area (Å²) >= 11 is 0. The number of methoxy groups -OCH3 is 1. The average Bonchev–Trinajstić information content (AvgIpc) is 2.66. The third-order valence-electron chi connectivity index (χ3n) is 4.14. The SMILES string of the molecule is COc1ccc(OCc2cc(C)cc(/C=C(\C#N)C(=O)OC(C)C)c2C)cc1. The van der Waals surface area contributed by atoms with Crippen molar-refractivity contribution in [1.82, 2.24) is 0 Å². The molecule has 0 aliphatic rings. The number of nitriles is 1. The number of rotatable bonds is 7. The Labute approximate surface area is 166 Å². The summed E-state index contributed by atoms with van der Waals surface area (Å²) in [5, 5.41) is 9.34. The third-order valence-corrected chi connectivity index (χ3v) is 4.14. The van der Waals surface area contributed by atoms with E-state index in [1.165, 1.54) is 0 Å². The molecule has 0 bridgehead atoms. The van der Waals surface area contributed by atoms with E-state index in [1.54, 1.807) is 27.0 Å². The van der Waals surface area contributed by atoms with Gasteiger partial charge in [0.15, 0.2) is 0 Å². The molecule has 0 N–H and O–H groups in total. The van der Waals surface area contributed by atoms with E-state index in [-0.39, 0.29) is 11.7 Å². The van der Waals surface area contributed by atoms with Crippen molar-refractivity contribution in [2.45, 2.75) is 40.4 Å². The zero-order valence-corrected chi connectivity index (χ0v) is 16.9. The van der Waals surface area contributed by atoms with E-state index in [0.717, 1.165) is 33.8 Å². The second-order valence-electron chi connectivity index (χ2n) is 6.73. The highest BCUT2D eigenvalue weighted by Gasteiger charge is 2.14. The minimum absolute atomic E-state index is 0.0237. The number of benzene rings is 2. The molecule has 5 nitrogen and oxygen atoms in total. The van der Waals surface area contributed by atoms with Crippen LogP contribution in [0.4, 0.5) is 0 Å². The van der Waals surface area contributed by atoms with Crippen molar-refractivity contribution in [2.75, 3.05) is 7.11 Å². The van der Waals surface area contributed by atoms with Crippen LogP contribution in [0.25, 0.3) is 6.08 Å².